The minimum Gasteiger partial charge on any atom is -0.336 e. The second-order valence-corrected chi connectivity index (χ2v) is 3.20. The topological polar surface area (TPSA) is 41.1 Å². The van der Waals surface area contributed by atoms with Gasteiger partial charge in [-0.1, -0.05) is 6.08 Å². The van der Waals surface area contributed by atoms with E-state index < -0.39 is 0 Å². The third-order valence-corrected chi connectivity index (χ3v) is 1.95. The van der Waals surface area contributed by atoms with Gasteiger partial charge in [0.25, 0.3) is 0 Å². The molecule has 0 aromatic carbocycles. The first-order valence-corrected chi connectivity index (χ1v) is 3.83. The maximum atomic E-state index is 10.8. The molecular weight excluding hydrogens is 140 g/mol. The zero-order valence-electron chi connectivity index (χ0n) is 6.81. The number of carbonyl (C=O) groups is 1. The predicted octanol–water partition coefficient (Wildman–Crippen LogP) is 1.02. The van der Waals surface area contributed by atoms with Crippen LogP contribution in [0, 0.1) is 0 Å². The van der Waals surface area contributed by atoms with Crippen molar-refractivity contribution < 1.29 is 4.79 Å². The zero-order valence-corrected chi connectivity index (χ0v) is 6.81. The van der Waals surface area contributed by atoms with Gasteiger partial charge in [-0.25, -0.2) is 4.79 Å². The highest BCUT2D eigenvalue weighted by Gasteiger charge is 2.31. The average molecular weight is 154 g/mol. The summed E-state index contributed by atoms with van der Waals surface area (Å²) in [6.07, 6.45) is 3.77. The normalized spacial score (nSPS) is 29.4. The molecule has 0 aliphatic carbocycles. The van der Waals surface area contributed by atoms with Crippen LogP contribution in [-0.2, 0) is 0 Å². The largest absolute Gasteiger partial charge is 0.336 e. The van der Waals surface area contributed by atoms with Crippen LogP contribution in [0.25, 0.3) is 0 Å². The van der Waals surface area contributed by atoms with Crippen molar-refractivity contribution in [3.63, 3.8) is 0 Å². The lowest BCUT2D eigenvalue weighted by atomic mass is 9.97. The number of hydrogen-bond donors (Lipinski definition) is 2. The molecule has 2 N–H and O–H groups in total. The molecule has 3 heteroatoms. The van der Waals surface area contributed by atoms with E-state index in [0.29, 0.717) is 0 Å². The molecule has 62 valence electrons. The molecule has 0 aromatic rings. The minimum atomic E-state index is -0.0642. The molecule has 2 amide bonds. The molecule has 1 fully saturated rings. The zero-order chi connectivity index (χ0) is 8.32. The van der Waals surface area contributed by atoms with Crippen molar-refractivity contribution in [3.8, 4) is 0 Å². The second-order valence-electron chi connectivity index (χ2n) is 3.20. The number of amides is 2. The Labute approximate surface area is 66.9 Å². The fraction of sp³-hybridized carbons (Fsp3) is 0.625. The number of allylic oxidation sites excluding steroid dienone is 1. The van der Waals surface area contributed by atoms with Crippen molar-refractivity contribution >= 4 is 6.03 Å². The van der Waals surface area contributed by atoms with Crippen molar-refractivity contribution in [2.45, 2.75) is 25.3 Å². The van der Waals surface area contributed by atoms with Crippen molar-refractivity contribution in [1.82, 2.24) is 10.6 Å². The monoisotopic (exact) mass is 154 g/mol. The molecule has 1 heterocycles. The number of nitrogens with one attached hydrogen (secondary N) is 2. The van der Waals surface area contributed by atoms with Crippen LogP contribution in [0.3, 0.4) is 0 Å². The maximum absolute atomic E-state index is 10.8. The lowest BCUT2D eigenvalue weighted by Crippen LogP contribution is -2.39. The van der Waals surface area contributed by atoms with Crippen LogP contribution >= 0.6 is 0 Å². The van der Waals surface area contributed by atoms with Gasteiger partial charge in [-0.05, 0) is 19.8 Å². The van der Waals surface area contributed by atoms with E-state index in [1.807, 2.05) is 13.0 Å². The number of rotatable bonds is 3. The van der Waals surface area contributed by atoms with Gasteiger partial charge in [0.1, 0.15) is 0 Å². The highest BCUT2D eigenvalue weighted by atomic mass is 16.2. The summed E-state index contributed by atoms with van der Waals surface area (Å²) in [5.41, 5.74) is -0.0642. The summed E-state index contributed by atoms with van der Waals surface area (Å²) in [4.78, 5) is 10.8. The second kappa shape index (κ2) is 2.95. The van der Waals surface area contributed by atoms with Crippen LogP contribution in [0.2, 0.25) is 0 Å². The third kappa shape index (κ3) is 1.97. The Morgan fingerprint density at radius 1 is 1.82 bits per heavy atom. The quantitative estimate of drug-likeness (QED) is 0.585. The Balaban J connectivity index is 2.41. The maximum Gasteiger partial charge on any atom is 0.315 e. The fourth-order valence-corrected chi connectivity index (χ4v) is 1.21. The molecule has 0 radical (unpaired) electrons. The van der Waals surface area contributed by atoms with Crippen LogP contribution in [0.5, 0.6) is 0 Å². The molecule has 1 atom stereocenters. The first kappa shape index (κ1) is 8.11. The van der Waals surface area contributed by atoms with Crippen LogP contribution in [0.4, 0.5) is 4.79 Å². The Kier molecular flexibility index (Phi) is 2.17. The van der Waals surface area contributed by atoms with Crippen LogP contribution in [-0.4, -0.2) is 18.1 Å². The van der Waals surface area contributed by atoms with Crippen LogP contribution in [0.1, 0.15) is 19.8 Å². The molecule has 1 aliphatic rings. The van der Waals surface area contributed by atoms with Crippen molar-refractivity contribution in [3.05, 3.63) is 12.7 Å². The van der Waals surface area contributed by atoms with Gasteiger partial charge in [0.05, 0.1) is 5.54 Å². The summed E-state index contributed by atoms with van der Waals surface area (Å²) in [6.45, 7) is 6.40. The number of urea groups is 1. The summed E-state index contributed by atoms with van der Waals surface area (Å²) in [5, 5.41) is 5.60. The summed E-state index contributed by atoms with van der Waals surface area (Å²) < 4.78 is 0. The summed E-state index contributed by atoms with van der Waals surface area (Å²) >= 11 is 0. The molecule has 0 aromatic heterocycles. The van der Waals surface area contributed by atoms with Crippen LogP contribution in [0.15, 0.2) is 12.7 Å². The standard InChI is InChI=1S/C8H14N2O/c1-3-4-5-8(2)6-9-7(11)10-8/h3H,1,4-6H2,2H3,(H2,9,10,11). The summed E-state index contributed by atoms with van der Waals surface area (Å²) in [5.74, 6) is 0. The number of hydrogen-bond acceptors (Lipinski definition) is 1. The highest BCUT2D eigenvalue weighted by molar-refractivity contribution is 5.77. The van der Waals surface area contributed by atoms with E-state index in [4.69, 9.17) is 0 Å². The minimum absolute atomic E-state index is 0.0587. The summed E-state index contributed by atoms with van der Waals surface area (Å²) in [7, 11) is 0. The summed E-state index contributed by atoms with van der Waals surface area (Å²) in [6, 6.07) is -0.0587. The fourth-order valence-electron chi connectivity index (χ4n) is 1.21. The van der Waals surface area contributed by atoms with Crippen LogP contribution < -0.4 is 10.6 Å². The van der Waals surface area contributed by atoms with Gasteiger partial charge in [0, 0.05) is 6.54 Å². The first-order valence-electron chi connectivity index (χ1n) is 3.83. The molecule has 0 bridgehead atoms. The predicted molar refractivity (Wildman–Crippen MR) is 44.4 cm³/mol. The molecule has 1 unspecified atom stereocenters. The van der Waals surface area contributed by atoms with E-state index in [1.54, 1.807) is 0 Å². The first-order chi connectivity index (χ1) is 5.16. The van der Waals surface area contributed by atoms with E-state index in [2.05, 4.69) is 17.2 Å². The van der Waals surface area contributed by atoms with E-state index >= 15 is 0 Å². The van der Waals surface area contributed by atoms with E-state index in [1.165, 1.54) is 0 Å². The molecule has 0 spiro atoms. The lowest BCUT2D eigenvalue weighted by molar-refractivity contribution is 0.244. The lowest BCUT2D eigenvalue weighted by Gasteiger charge is -2.20. The van der Waals surface area contributed by atoms with Crippen molar-refractivity contribution in [2.75, 3.05) is 6.54 Å². The average Bonchev–Trinajstić information content (AvgIpc) is 2.28. The SMILES string of the molecule is C=CCCC1(C)CNC(=O)N1. The van der Waals surface area contributed by atoms with Gasteiger partial charge in [0.15, 0.2) is 0 Å². The van der Waals surface area contributed by atoms with Gasteiger partial charge < -0.3 is 10.6 Å². The third-order valence-electron chi connectivity index (χ3n) is 1.95. The molecule has 1 aliphatic heterocycles. The Hall–Kier alpha value is -0.990. The van der Waals surface area contributed by atoms with Gasteiger partial charge in [-0.2, -0.15) is 0 Å². The Bertz CT molecular complexity index is 179. The van der Waals surface area contributed by atoms with E-state index in [-0.39, 0.29) is 11.6 Å². The van der Waals surface area contributed by atoms with Gasteiger partial charge >= 0.3 is 6.03 Å². The van der Waals surface area contributed by atoms with Gasteiger partial charge in [0.2, 0.25) is 0 Å². The molecular formula is C8H14N2O. The smallest absolute Gasteiger partial charge is 0.315 e. The molecule has 3 nitrogen and oxygen atoms in total. The van der Waals surface area contributed by atoms with Crippen molar-refractivity contribution in [1.29, 1.82) is 0 Å². The highest BCUT2D eigenvalue weighted by Crippen LogP contribution is 2.14. The van der Waals surface area contributed by atoms with E-state index in [9.17, 15) is 4.79 Å². The molecule has 0 saturated carbocycles. The van der Waals surface area contributed by atoms with Gasteiger partial charge in [-0.3, -0.25) is 0 Å². The Morgan fingerprint density at radius 2 is 2.55 bits per heavy atom. The van der Waals surface area contributed by atoms with Crippen molar-refractivity contribution in [2.24, 2.45) is 0 Å². The molecule has 11 heavy (non-hydrogen) atoms. The molecule has 1 rings (SSSR count). The molecule has 1 saturated heterocycles. The van der Waals surface area contributed by atoms with E-state index in [0.717, 1.165) is 19.4 Å². The number of carbonyl (C=O) groups excluding carboxylic acids is 1. The van der Waals surface area contributed by atoms with Gasteiger partial charge in [-0.15, -0.1) is 6.58 Å². The Morgan fingerprint density at radius 3 is 3.00 bits per heavy atom.